The van der Waals surface area contributed by atoms with Gasteiger partial charge in [-0.2, -0.15) is 0 Å². The molecule has 28 heavy (non-hydrogen) atoms. The smallest absolute Gasteiger partial charge is 0.266 e. The van der Waals surface area contributed by atoms with Crippen molar-refractivity contribution in [2.24, 2.45) is 5.73 Å². The molecule has 0 aromatic heterocycles. The van der Waals surface area contributed by atoms with Gasteiger partial charge >= 0.3 is 0 Å². The number of nitrogens with two attached hydrogens (primary N) is 1. The van der Waals surface area contributed by atoms with Crippen LogP contribution in [0.2, 0.25) is 0 Å². The average molecular weight is 388 g/mol. The van der Waals surface area contributed by atoms with Crippen LogP contribution in [0.15, 0.2) is 18.2 Å². The molecule has 0 spiro atoms. The van der Waals surface area contributed by atoms with Gasteiger partial charge in [-0.1, -0.05) is 6.07 Å². The van der Waals surface area contributed by atoms with E-state index in [1.54, 1.807) is 7.05 Å². The predicted molar refractivity (Wildman–Crippen MR) is 95.3 cm³/mol. The standard InChI is InChI=1S/C18H20N4O6/c1-21(8-7-19)14(24)9-28-12-4-2-3-10-15(12)18(27)22(17(10)26)11-5-6-13(23)20-16(11)25/h2-4,11H,5-9,19H2,1H3,(H,20,23,25). The molecule has 10 heteroatoms. The predicted octanol–water partition coefficient (Wildman–Crippen LogP) is -1.12. The Labute approximate surface area is 160 Å². The molecule has 1 aromatic carbocycles. The van der Waals surface area contributed by atoms with Gasteiger partial charge in [0.15, 0.2) is 6.61 Å². The summed E-state index contributed by atoms with van der Waals surface area (Å²) in [6.45, 7) is 0.333. The zero-order chi connectivity index (χ0) is 20.4. The third kappa shape index (κ3) is 3.46. The number of rotatable bonds is 6. The first-order chi connectivity index (χ1) is 13.3. The molecule has 148 valence electrons. The van der Waals surface area contributed by atoms with Crippen molar-refractivity contribution in [1.82, 2.24) is 15.1 Å². The molecule has 0 saturated carbocycles. The first-order valence-electron chi connectivity index (χ1n) is 8.76. The maximum atomic E-state index is 12.9. The van der Waals surface area contributed by atoms with Crippen LogP contribution in [0.1, 0.15) is 33.6 Å². The first kappa shape index (κ1) is 19.5. The minimum absolute atomic E-state index is 0.00600. The largest absolute Gasteiger partial charge is 0.483 e. The van der Waals surface area contributed by atoms with Gasteiger partial charge in [0.1, 0.15) is 11.8 Å². The third-order valence-corrected chi connectivity index (χ3v) is 4.67. The van der Waals surface area contributed by atoms with Gasteiger partial charge in [0.05, 0.1) is 11.1 Å². The van der Waals surface area contributed by atoms with Crippen molar-refractivity contribution >= 4 is 29.5 Å². The fraction of sp³-hybridized carbons (Fsp3) is 0.389. The minimum Gasteiger partial charge on any atom is -0.483 e. The van der Waals surface area contributed by atoms with E-state index < -0.39 is 29.7 Å². The lowest BCUT2D eigenvalue weighted by Crippen LogP contribution is -2.54. The first-order valence-corrected chi connectivity index (χ1v) is 8.76. The van der Waals surface area contributed by atoms with Crippen LogP contribution in [-0.4, -0.2) is 72.1 Å². The van der Waals surface area contributed by atoms with E-state index in [4.69, 9.17) is 10.5 Å². The molecule has 0 radical (unpaired) electrons. The minimum atomic E-state index is -1.06. The molecule has 5 amide bonds. The van der Waals surface area contributed by atoms with E-state index in [-0.39, 0.29) is 42.2 Å². The molecule has 0 aliphatic carbocycles. The highest BCUT2D eigenvalue weighted by Gasteiger charge is 2.46. The van der Waals surface area contributed by atoms with E-state index in [1.165, 1.54) is 23.1 Å². The Bertz CT molecular complexity index is 868. The molecule has 2 aliphatic rings. The van der Waals surface area contributed by atoms with Gasteiger partial charge in [-0.3, -0.25) is 34.2 Å². The molecule has 1 unspecified atom stereocenters. The summed E-state index contributed by atoms with van der Waals surface area (Å²) >= 11 is 0. The molecule has 10 nitrogen and oxygen atoms in total. The maximum Gasteiger partial charge on any atom is 0.266 e. The number of hydrogen-bond acceptors (Lipinski definition) is 7. The Morgan fingerprint density at radius 1 is 1.29 bits per heavy atom. The summed E-state index contributed by atoms with van der Waals surface area (Å²) in [7, 11) is 1.58. The van der Waals surface area contributed by atoms with Gasteiger partial charge in [0, 0.05) is 26.6 Å². The van der Waals surface area contributed by atoms with Gasteiger partial charge in [-0.05, 0) is 18.6 Å². The number of benzene rings is 1. The van der Waals surface area contributed by atoms with E-state index in [1.807, 2.05) is 0 Å². The lowest BCUT2D eigenvalue weighted by atomic mass is 10.0. The van der Waals surface area contributed by atoms with Gasteiger partial charge in [0.2, 0.25) is 11.8 Å². The molecule has 2 aliphatic heterocycles. The second-order valence-electron chi connectivity index (χ2n) is 6.52. The van der Waals surface area contributed by atoms with Crippen LogP contribution in [0.5, 0.6) is 5.75 Å². The highest BCUT2D eigenvalue weighted by atomic mass is 16.5. The number of ether oxygens (including phenoxy) is 1. The lowest BCUT2D eigenvalue weighted by Gasteiger charge is -2.27. The number of fused-ring (bicyclic) bond motifs is 1. The van der Waals surface area contributed by atoms with Crippen LogP contribution < -0.4 is 15.8 Å². The van der Waals surface area contributed by atoms with Gasteiger partial charge in [-0.15, -0.1) is 0 Å². The van der Waals surface area contributed by atoms with Crippen LogP contribution >= 0.6 is 0 Å². The Morgan fingerprint density at radius 3 is 2.71 bits per heavy atom. The Hall–Kier alpha value is -3.27. The van der Waals surface area contributed by atoms with Crippen LogP contribution in [-0.2, 0) is 14.4 Å². The van der Waals surface area contributed by atoms with Gasteiger partial charge in [0.25, 0.3) is 17.7 Å². The third-order valence-electron chi connectivity index (χ3n) is 4.67. The number of amides is 5. The summed E-state index contributed by atoms with van der Waals surface area (Å²) in [5, 5.41) is 2.14. The van der Waals surface area contributed by atoms with Crippen molar-refractivity contribution in [1.29, 1.82) is 0 Å². The van der Waals surface area contributed by atoms with Crippen LogP contribution in [0.4, 0.5) is 0 Å². The highest BCUT2D eigenvalue weighted by molar-refractivity contribution is 6.24. The zero-order valence-corrected chi connectivity index (χ0v) is 15.3. The zero-order valence-electron chi connectivity index (χ0n) is 15.3. The van der Waals surface area contributed by atoms with Crippen molar-refractivity contribution in [3.8, 4) is 5.75 Å². The molecular formula is C18H20N4O6. The molecule has 3 N–H and O–H groups in total. The van der Waals surface area contributed by atoms with Crippen molar-refractivity contribution < 1.29 is 28.7 Å². The average Bonchev–Trinajstić information content (AvgIpc) is 2.91. The van der Waals surface area contributed by atoms with Gasteiger partial charge in [-0.25, -0.2) is 0 Å². The summed E-state index contributed by atoms with van der Waals surface area (Å²) in [5.41, 5.74) is 5.51. The quantitative estimate of drug-likeness (QED) is 0.589. The molecule has 1 saturated heterocycles. The molecule has 1 atom stereocenters. The normalized spacial score (nSPS) is 18.8. The van der Waals surface area contributed by atoms with Crippen molar-refractivity contribution in [3.05, 3.63) is 29.3 Å². The lowest BCUT2D eigenvalue weighted by molar-refractivity contribution is -0.136. The molecule has 2 heterocycles. The van der Waals surface area contributed by atoms with Gasteiger partial charge < -0.3 is 15.4 Å². The topological polar surface area (TPSA) is 139 Å². The number of piperidine rings is 1. The SMILES string of the molecule is CN(CCN)C(=O)COc1cccc2c1C(=O)N(C1CCC(=O)NC1=O)C2=O. The Balaban J connectivity index is 1.81. The molecule has 1 aromatic rings. The summed E-state index contributed by atoms with van der Waals surface area (Å²) in [4.78, 5) is 63.3. The van der Waals surface area contributed by atoms with Crippen molar-refractivity contribution in [2.75, 3.05) is 26.7 Å². The van der Waals surface area contributed by atoms with Crippen LogP contribution in [0.3, 0.4) is 0 Å². The van der Waals surface area contributed by atoms with E-state index >= 15 is 0 Å². The number of carbonyl (C=O) groups is 5. The van der Waals surface area contributed by atoms with Crippen molar-refractivity contribution in [2.45, 2.75) is 18.9 Å². The fourth-order valence-electron chi connectivity index (χ4n) is 3.17. The summed E-state index contributed by atoms with van der Waals surface area (Å²) in [6.07, 6.45) is 0.101. The number of carbonyl (C=O) groups excluding carboxylic acids is 5. The van der Waals surface area contributed by atoms with Crippen molar-refractivity contribution in [3.63, 3.8) is 0 Å². The number of likely N-dealkylation sites (N-methyl/N-ethyl adjacent to an activating group) is 1. The van der Waals surface area contributed by atoms with Crippen LogP contribution in [0, 0.1) is 0 Å². The fourth-order valence-corrected chi connectivity index (χ4v) is 3.17. The number of imide groups is 2. The molecule has 0 bridgehead atoms. The van der Waals surface area contributed by atoms with Crippen LogP contribution in [0.25, 0.3) is 0 Å². The van der Waals surface area contributed by atoms with E-state index in [0.29, 0.717) is 13.1 Å². The number of nitrogens with one attached hydrogen (secondary N) is 1. The number of nitrogens with zero attached hydrogens (tertiary/aromatic N) is 2. The highest BCUT2D eigenvalue weighted by Crippen LogP contribution is 2.33. The second kappa shape index (κ2) is 7.77. The van der Waals surface area contributed by atoms with E-state index in [0.717, 1.165) is 4.90 Å². The summed E-state index contributed by atoms with van der Waals surface area (Å²) < 4.78 is 5.49. The molecular weight excluding hydrogens is 368 g/mol. The molecule has 1 fully saturated rings. The Kier molecular flexibility index (Phi) is 5.41. The molecule has 3 rings (SSSR count). The van der Waals surface area contributed by atoms with E-state index in [2.05, 4.69) is 5.32 Å². The monoisotopic (exact) mass is 388 g/mol. The Morgan fingerprint density at radius 2 is 2.04 bits per heavy atom. The maximum absolute atomic E-state index is 12.9. The van der Waals surface area contributed by atoms with E-state index in [9.17, 15) is 24.0 Å². The summed E-state index contributed by atoms with van der Waals surface area (Å²) in [6, 6.07) is 3.40. The second-order valence-corrected chi connectivity index (χ2v) is 6.52. The number of hydrogen-bond donors (Lipinski definition) is 2. The summed E-state index contributed by atoms with van der Waals surface area (Å²) in [5.74, 6) is -2.70.